The molecule has 0 aliphatic rings. The highest BCUT2D eigenvalue weighted by Crippen LogP contribution is 2.28. The Morgan fingerprint density at radius 3 is 2.88 bits per heavy atom. The summed E-state index contributed by atoms with van der Waals surface area (Å²) in [5.74, 6) is 0.0287. The average molecular weight is 328 g/mol. The van der Waals surface area contributed by atoms with Crippen molar-refractivity contribution in [1.29, 1.82) is 0 Å². The van der Waals surface area contributed by atoms with Crippen LogP contribution in [0.1, 0.15) is 11.3 Å². The average Bonchev–Trinajstić information content (AvgIpc) is 3.01. The number of rotatable bonds is 5. The van der Waals surface area contributed by atoms with E-state index in [0.29, 0.717) is 11.3 Å². The van der Waals surface area contributed by atoms with Gasteiger partial charge in [0.2, 0.25) is 5.89 Å². The first-order chi connectivity index (χ1) is 11.5. The number of hydrogen-bond donors (Lipinski definition) is 0. The molecule has 24 heavy (non-hydrogen) atoms. The Bertz CT molecular complexity index is 892. The Kier molecular flexibility index (Phi) is 4.24. The van der Waals surface area contributed by atoms with Gasteiger partial charge < -0.3 is 9.15 Å². The van der Waals surface area contributed by atoms with Crippen LogP contribution in [-0.4, -0.2) is 9.91 Å². The maximum Gasteiger partial charge on any atom is 0.310 e. The summed E-state index contributed by atoms with van der Waals surface area (Å²) in [7, 11) is 0. The molecule has 6 nitrogen and oxygen atoms in total. The molecular formula is C17H13FN2O4. The van der Waals surface area contributed by atoms with Gasteiger partial charge in [-0.05, 0) is 36.8 Å². The number of aryl methyl sites for hydroxylation is 1. The minimum absolute atomic E-state index is 0.00308. The lowest BCUT2D eigenvalue weighted by molar-refractivity contribution is -0.386. The second-order valence-corrected chi connectivity index (χ2v) is 5.17. The van der Waals surface area contributed by atoms with Gasteiger partial charge in [-0.25, -0.2) is 9.37 Å². The van der Waals surface area contributed by atoms with E-state index in [0.717, 1.165) is 5.56 Å². The second kappa shape index (κ2) is 6.49. The van der Waals surface area contributed by atoms with Crippen LogP contribution < -0.4 is 4.74 Å². The smallest absolute Gasteiger partial charge is 0.310 e. The molecule has 0 bridgehead atoms. The van der Waals surface area contributed by atoms with E-state index in [-0.39, 0.29) is 29.8 Å². The maximum atomic E-state index is 13.2. The third kappa shape index (κ3) is 3.40. The van der Waals surface area contributed by atoms with Crippen LogP contribution in [0.15, 0.2) is 53.1 Å². The zero-order chi connectivity index (χ0) is 17.1. The van der Waals surface area contributed by atoms with Crippen LogP contribution in [0.3, 0.4) is 0 Å². The number of halogens is 1. The van der Waals surface area contributed by atoms with Gasteiger partial charge in [-0.3, -0.25) is 10.1 Å². The zero-order valence-electron chi connectivity index (χ0n) is 12.7. The van der Waals surface area contributed by atoms with Crippen LogP contribution in [0.2, 0.25) is 0 Å². The number of nitrogens with zero attached hydrogens (tertiary/aromatic N) is 2. The fraction of sp³-hybridized carbons (Fsp3) is 0.118. The Morgan fingerprint density at radius 2 is 2.12 bits per heavy atom. The number of hydrogen-bond acceptors (Lipinski definition) is 5. The van der Waals surface area contributed by atoms with Gasteiger partial charge in [0.1, 0.15) is 24.4 Å². The van der Waals surface area contributed by atoms with Gasteiger partial charge >= 0.3 is 5.69 Å². The summed E-state index contributed by atoms with van der Waals surface area (Å²) in [4.78, 5) is 14.7. The lowest BCUT2D eigenvalue weighted by atomic mass is 10.2. The van der Waals surface area contributed by atoms with E-state index in [1.807, 2.05) is 6.92 Å². The van der Waals surface area contributed by atoms with Crippen LogP contribution in [-0.2, 0) is 6.61 Å². The number of nitro benzene ring substituents is 1. The van der Waals surface area contributed by atoms with Crippen molar-refractivity contribution in [1.82, 2.24) is 4.98 Å². The van der Waals surface area contributed by atoms with Crippen LogP contribution in [0.25, 0.3) is 11.5 Å². The van der Waals surface area contributed by atoms with Gasteiger partial charge in [0, 0.05) is 11.6 Å². The number of aromatic nitrogens is 1. The molecule has 0 spiro atoms. The molecule has 0 saturated heterocycles. The summed E-state index contributed by atoms with van der Waals surface area (Å²) in [5, 5.41) is 11.0. The second-order valence-electron chi connectivity index (χ2n) is 5.17. The largest absolute Gasteiger partial charge is 0.480 e. The molecule has 2 aromatic carbocycles. The molecule has 0 N–H and O–H groups in total. The molecule has 3 rings (SSSR count). The van der Waals surface area contributed by atoms with Gasteiger partial charge in [-0.1, -0.05) is 12.1 Å². The van der Waals surface area contributed by atoms with Crippen molar-refractivity contribution in [3.63, 3.8) is 0 Å². The molecule has 7 heteroatoms. The molecule has 1 aromatic heterocycles. The first-order valence-electron chi connectivity index (χ1n) is 7.11. The first-order valence-corrected chi connectivity index (χ1v) is 7.11. The fourth-order valence-corrected chi connectivity index (χ4v) is 2.17. The molecule has 3 aromatic rings. The van der Waals surface area contributed by atoms with E-state index in [9.17, 15) is 14.5 Å². The van der Waals surface area contributed by atoms with E-state index in [1.165, 1.54) is 24.5 Å². The Hall–Kier alpha value is -3.22. The van der Waals surface area contributed by atoms with Crippen LogP contribution in [0, 0.1) is 22.9 Å². The van der Waals surface area contributed by atoms with Crippen molar-refractivity contribution in [2.24, 2.45) is 0 Å². The minimum atomic E-state index is -0.504. The Balaban J connectivity index is 1.77. The Morgan fingerprint density at radius 1 is 1.29 bits per heavy atom. The van der Waals surface area contributed by atoms with Gasteiger partial charge in [0.05, 0.1) is 4.92 Å². The zero-order valence-corrected chi connectivity index (χ0v) is 12.7. The molecule has 0 saturated carbocycles. The number of nitro groups is 1. The third-order valence-electron chi connectivity index (χ3n) is 3.31. The monoisotopic (exact) mass is 328 g/mol. The van der Waals surface area contributed by atoms with E-state index in [4.69, 9.17) is 9.15 Å². The number of benzene rings is 2. The van der Waals surface area contributed by atoms with E-state index in [1.54, 1.807) is 24.3 Å². The van der Waals surface area contributed by atoms with Gasteiger partial charge in [0.15, 0.2) is 5.75 Å². The molecule has 0 radical (unpaired) electrons. The predicted octanol–water partition coefficient (Wildman–Crippen LogP) is 4.28. The molecule has 1 heterocycles. The molecular weight excluding hydrogens is 315 g/mol. The summed E-state index contributed by atoms with van der Waals surface area (Å²) in [5.41, 5.74) is 1.68. The lowest BCUT2D eigenvalue weighted by Crippen LogP contribution is -2.00. The van der Waals surface area contributed by atoms with Crippen LogP contribution >= 0.6 is 0 Å². The minimum Gasteiger partial charge on any atom is -0.480 e. The fourth-order valence-electron chi connectivity index (χ4n) is 2.17. The molecule has 0 unspecified atom stereocenters. The van der Waals surface area contributed by atoms with E-state index >= 15 is 0 Å². The van der Waals surface area contributed by atoms with Gasteiger partial charge in [-0.2, -0.15) is 0 Å². The maximum absolute atomic E-state index is 13.2. The summed E-state index contributed by atoms with van der Waals surface area (Å²) < 4.78 is 24.0. The van der Waals surface area contributed by atoms with Crippen molar-refractivity contribution < 1.29 is 18.5 Å². The van der Waals surface area contributed by atoms with Crippen LogP contribution in [0.5, 0.6) is 5.75 Å². The van der Waals surface area contributed by atoms with Crippen molar-refractivity contribution >= 4 is 5.69 Å². The molecule has 0 atom stereocenters. The summed E-state index contributed by atoms with van der Waals surface area (Å²) in [6.07, 6.45) is 1.38. The van der Waals surface area contributed by atoms with Gasteiger partial charge in [0.25, 0.3) is 0 Å². The third-order valence-corrected chi connectivity index (χ3v) is 3.31. The highest BCUT2D eigenvalue weighted by atomic mass is 19.1. The van der Waals surface area contributed by atoms with Crippen molar-refractivity contribution in [3.05, 3.63) is 75.9 Å². The van der Waals surface area contributed by atoms with Crippen molar-refractivity contribution in [2.75, 3.05) is 0 Å². The Labute approximate surface area is 136 Å². The number of ether oxygens (including phenoxy) is 1. The molecule has 0 amide bonds. The number of oxazole rings is 1. The summed E-state index contributed by atoms with van der Waals surface area (Å²) in [6, 6.07) is 10.5. The lowest BCUT2D eigenvalue weighted by Gasteiger charge is -2.05. The van der Waals surface area contributed by atoms with E-state index in [2.05, 4.69) is 4.98 Å². The van der Waals surface area contributed by atoms with Crippen molar-refractivity contribution in [2.45, 2.75) is 13.5 Å². The normalized spacial score (nSPS) is 10.6. The first kappa shape index (κ1) is 15.7. The quantitative estimate of drug-likeness (QED) is 0.516. The van der Waals surface area contributed by atoms with E-state index < -0.39 is 4.92 Å². The van der Waals surface area contributed by atoms with Crippen LogP contribution in [0.4, 0.5) is 10.1 Å². The highest BCUT2D eigenvalue weighted by molar-refractivity contribution is 5.53. The molecule has 122 valence electrons. The highest BCUT2D eigenvalue weighted by Gasteiger charge is 2.16. The van der Waals surface area contributed by atoms with Gasteiger partial charge in [-0.15, -0.1) is 0 Å². The SMILES string of the molecule is Cc1ccc([N+](=O)[O-])c(OCc2coc(-c3cccc(F)c3)n2)c1. The molecule has 0 aliphatic carbocycles. The predicted molar refractivity (Wildman–Crippen MR) is 84.1 cm³/mol. The molecule has 0 fully saturated rings. The molecule has 0 aliphatic heterocycles. The summed E-state index contributed by atoms with van der Waals surface area (Å²) >= 11 is 0. The van der Waals surface area contributed by atoms with Crippen molar-refractivity contribution in [3.8, 4) is 17.2 Å². The summed E-state index contributed by atoms with van der Waals surface area (Å²) in [6.45, 7) is 1.82. The topological polar surface area (TPSA) is 78.4 Å². The standard InChI is InChI=1S/C17H13FN2O4/c1-11-5-6-15(20(21)22)16(7-11)23-9-14-10-24-17(19-14)12-3-2-4-13(18)8-12/h2-8,10H,9H2,1H3.